The normalized spacial score (nSPS) is 26.9. The van der Waals surface area contributed by atoms with E-state index in [-0.39, 0.29) is 53.9 Å². The van der Waals surface area contributed by atoms with Crippen LogP contribution in [-0.2, 0) is 57.4 Å². The number of aromatic nitrogens is 1. The summed E-state index contributed by atoms with van der Waals surface area (Å²) in [7, 11) is 2.67. The molecule has 0 saturated carbocycles. The summed E-state index contributed by atoms with van der Waals surface area (Å²) in [6, 6.07) is -9.42. The molecule has 0 unspecified atom stereocenters. The highest BCUT2D eigenvalue weighted by Crippen LogP contribution is 2.35. The third kappa shape index (κ3) is 13.8. The molecular formula is C58H78N12O18. The first-order valence-corrected chi connectivity index (χ1v) is 29.1. The molecule has 5 aliphatic heterocycles. The number of hydrogen-bond acceptors (Lipinski definition) is 20. The van der Waals surface area contributed by atoms with E-state index in [0.717, 1.165) is 9.80 Å². The van der Waals surface area contributed by atoms with Gasteiger partial charge in [-0.25, -0.2) is 14.6 Å². The van der Waals surface area contributed by atoms with Crippen molar-refractivity contribution in [1.82, 2.24) is 56.5 Å². The standard InChI is InChI=1S/C58H78N12O18/c1-23(2)38-55(82)69-19-13-15-32(69)53(80)67(11)21-34(73)60-40(27(7)71)57(84)86-29(9)42(51(78)63-38)65-49(76)31-18-17-25(5)47-44(31)62-45-36(37(59)46(75)26(6)48(45)88-47)50(77)66-43-30(10)87-58(85)41(28(8)72)61-35(74)22-68(12)54(81)33-16-14-20-70(33)56(83)39(24(3)4)64-52(43)79/h17-18,23-24,27-30,32-33,38-43,71-72H,13-16,19-22,59H2,1-12H3,(H,60,73)(H,61,74)(H,63,78)(H,64,79)(H,65,76)(H,66,77)/t27-,28-,29-,30-,32+,33+,38-,39-,40+,41+,42+,43+/m1/s1. The first kappa shape index (κ1) is 66.7. The lowest BCUT2D eigenvalue weighted by molar-refractivity contribution is -0.159. The summed E-state index contributed by atoms with van der Waals surface area (Å²) in [4.78, 5) is 194. The van der Waals surface area contributed by atoms with Crippen LogP contribution in [0.15, 0.2) is 21.3 Å². The maximum Gasteiger partial charge on any atom is 0.331 e. The van der Waals surface area contributed by atoms with Crippen molar-refractivity contribution < 1.29 is 81.6 Å². The number of aliphatic hydroxyl groups excluding tert-OH is 2. The number of carbonyl (C=O) groups is 12. The second-order valence-corrected chi connectivity index (χ2v) is 23.7. The molecule has 0 bridgehead atoms. The molecule has 4 fully saturated rings. The van der Waals surface area contributed by atoms with Gasteiger partial charge in [-0.2, -0.15) is 0 Å². The summed E-state index contributed by atoms with van der Waals surface area (Å²) in [5.74, 6) is -13.0. The lowest BCUT2D eigenvalue weighted by Crippen LogP contribution is -2.61. The minimum absolute atomic E-state index is 0.112. The SMILES string of the molecule is Cc1c2oc3c(C)ccc(C(=O)N[C@@H]4C(=O)N[C@H](C(C)C)C(=O)N5CCC[C@H]5C(=O)N(C)CC(=O)N[C@@H]([C@@H](C)O)C(=O)O[C@@H]4C)c3nc-2c(C(=O)N[C@@H]2C(=O)N[C@H](C(C)C)C(=O)N3CCC[C@H]3C(=O)N(C)CC(=O)N[C@@H]([C@@H](C)O)C(=O)O[C@@H]2C)c(N)c1=O. The highest BCUT2D eigenvalue weighted by Gasteiger charge is 2.46. The highest BCUT2D eigenvalue weighted by atomic mass is 16.6. The van der Waals surface area contributed by atoms with Crippen molar-refractivity contribution in [3.05, 3.63) is 44.6 Å². The maximum absolute atomic E-state index is 15.0. The Labute approximate surface area is 506 Å². The van der Waals surface area contributed by atoms with Crippen molar-refractivity contribution in [2.45, 2.75) is 168 Å². The number of likely N-dealkylation sites (N-methyl/N-ethyl adjacent to an activating group) is 2. The first-order chi connectivity index (χ1) is 41.2. The molecule has 5 heterocycles. The zero-order valence-corrected chi connectivity index (χ0v) is 51.1. The molecular weight excluding hydrogens is 1150 g/mol. The van der Waals surface area contributed by atoms with Crippen LogP contribution in [0, 0.1) is 25.7 Å². The van der Waals surface area contributed by atoms with Crippen LogP contribution in [0.2, 0.25) is 0 Å². The molecule has 0 radical (unpaired) electrons. The van der Waals surface area contributed by atoms with Crippen molar-refractivity contribution >= 4 is 87.8 Å². The summed E-state index contributed by atoms with van der Waals surface area (Å²) in [5, 5.41) is 36.4. The molecule has 30 heteroatoms. The van der Waals surface area contributed by atoms with E-state index in [1.54, 1.807) is 34.6 Å². The predicted octanol–water partition coefficient (Wildman–Crippen LogP) is -2.51. The summed E-state index contributed by atoms with van der Waals surface area (Å²) < 4.78 is 17.7. The molecule has 0 aromatic heterocycles. The Bertz CT molecular complexity index is 3350. The monoisotopic (exact) mass is 1230 g/mol. The molecule has 10 N–H and O–H groups in total. The molecule has 1 aromatic carbocycles. The number of nitrogens with one attached hydrogen (secondary N) is 6. The van der Waals surface area contributed by atoms with Gasteiger partial charge in [0.15, 0.2) is 23.4 Å². The zero-order chi connectivity index (χ0) is 65.2. The third-order valence-electron chi connectivity index (χ3n) is 16.3. The molecule has 478 valence electrons. The number of nitrogen functional groups attached to an aromatic ring is 1. The summed E-state index contributed by atoms with van der Waals surface area (Å²) >= 11 is 0. The lowest BCUT2D eigenvalue weighted by Gasteiger charge is -2.34. The van der Waals surface area contributed by atoms with Crippen LogP contribution in [0.4, 0.5) is 5.69 Å². The van der Waals surface area contributed by atoms with E-state index in [2.05, 4.69) is 31.9 Å². The van der Waals surface area contributed by atoms with Crippen LogP contribution in [-0.4, -0.2) is 219 Å². The fourth-order valence-corrected chi connectivity index (χ4v) is 11.2. The summed E-state index contributed by atoms with van der Waals surface area (Å²) in [6.45, 7) is 13.2. The van der Waals surface area contributed by atoms with E-state index < -0.39 is 191 Å². The molecule has 7 rings (SSSR count). The van der Waals surface area contributed by atoms with Crippen molar-refractivity contribution in [3.63, 3.8) is 0 Å². The minimum Gasteiger partial charge on any atom is -0.458 e. The quantitative estimate of drug-likeness (QED) is 0.0639. The van der Waals surface area contributed by atoms with Crippen LogP contribution >= 0.6 is 0 Å². The van der Waals surface area contributed by atoms with Crippen molar-refractivity contribution in [1.29, 1.82) is 0 Å². The zero-order valence-electron chi connectivity index (χ0n) is 51.1. The summed E-state index contributed by atoms with van der Waals surface area (Å²) in [6.07, 6.45) is -5.28. The largest absolute Gasteiger partial charge is 0.458 e. The molecule has 6 aliphatic rings. The molecule has 10 amide bonds. The predicted molar refractivity (Wildman–Crippen MR) is 310 cm³/mol. The molecule has 88 heavy (non-hydrogen) atoms. The number of carbonyl (C=O) groups excluding carboxylic acids is 12. The van der Waals surface area contributed by atoms with Crippen molar-refractivity contribution in [2.24, 2.45) is 11.8 Å². The molecule has 1 aromatic rings. The number of amides is 10. The van der Waals surface area contributed by atoms with Gasteiger partial charge in [0, 0.05) is 32.7 Å². The third-order valence-corrected chi connectivity index (χ3v) is 16.3. The van der Waals surface area contributed by atoms with Crippen molar-refractivity contribution in [2.75, 3.05) is 46.0 Å². The lowest BCUT2D eigenvalue weighted by atomic mass is 9.98. The van der Waals surface area contributed by atoms with Gasteiger partial charge in [0.1, 0.15) is 59.7 Å². The van der Waals surface area contributed by atoms with Gasteiger partial charge in [-0.05, 0) is 90.7 Å². The van der Waals surface area contributed by atoms with Gasteiger partial charge in [0.2, 0.25) is 52.7 Å². The number of ether oxygens (including phenoxy) is 2. The van der Waals surface area contributed by atoms with Gasteiger partial charge in [0.05, 0.1) is 42.1 Å². The summed E-state index contributed by atoms with van der Waals surface area (Å²) in [5.41, 5.74) is 3.01. The second kappa shape index (κ2) is 27.1. The Balaban J connectivity index is 1.31. The number of nitrogens with two attached hydrogens (primary N) is 1. The Kier molecular flexibility index (Phi) is 20.5. The van der Waals surface area contributed by atoms with Crippen LogP contribution in [0.5, 0.6) is 0 Å². The fraction of sp³-hybridized carbons (Fsp3) is 0.586. The smallest absolute Gasteiger partial charge is 0.331 e. The number of nitrogens with zero attached hydrogens (tertiary/aromatic N) is 5. The average Bonchev–Trinajstić information content (AvgIpc) is 0.950. The topological polar surface area (TPSA) is 418 Å². The first-order valence-electron chi connectivity index (χ1n) is 29.1. The number of esters is 2. The number of benzene rings is 2. The number of fused-ring (bicyclic) bond motifs is 4. The maximum atomic E-state index is 15.0. The molecule has 30 nitrogen and oxygen atoms in total. The number of anilines is 1. The van der Waals surface area contributed by atoms with Crippen LogP contribution < -0.4 is 43.1 Å². The second-order valence-electron chi connectivity index (χ2n) is 23.7. The Morgan fingerprint density at radius 1 is 0.636 bits per heavy atom. The van der Waals surface area contributed by atoms with Crippen LogP contribution in [0.25, 0.3) is 22.6 Å². The van der Waals surface area contributed by atoms with Gasteiger partial charge in [0.25, 0.3) is 11.8 Å². The van der Waals surface area contributed by atoms with E-state index in [1.807, 2.05) is 0 Å². The highest BCUT2D eigenvalue weighted by molar-refractivity contribution is 6.10. The Morgan fingerprint density at radius 3 is 1.49 bits per heavy atom. The van der Waals surface area contributed by atoms with Gasteiger partial charge >= 0.3 is 11.9 Å². The number of aryl methyl sites for hydroxylation is 1. The molecule has 4 saturated heterocycles. The number of cyclic esters (lactones) is 2. The van der Waals surface area contributed by atoms with E-state index in [4.69, 9.17) is 24.6 Å². The average molecular weight is 1230 g/mol. The van der Waals surface area contributed by atoms with E-state index in [1.165, 1.54) is 70.6 Å². The van der Waals surface area contributed by atoms with E-state index in [9.17, 15) is 67.7 Å². The minimum atomic E-state index is -1.98. The van der Waals surface area contributed by atoms with Gasteiger partial charge < -0.3 is 81.3 Å². The van der Waals surface area contributed by atoms with Crippen molar-refractivity contribution in [3.8, 4) is 11.5 Å². The fourth-order valence-electron chi connectivity index (χ4n) is 11.2. The van der Waals surface area contributed by atoms with Crippen LogP contribution in [0.1, 0.15) is 113 Å². The van der Waals surface area contributed by atoms with E-state index in [0.29, 0.717) is 18.4 Å². The van der Waals surface area contributed by atoms with Gasteiger partial charge in [-0.15, -0.1) is 0 Å². The number of hydrogen-bond donors (Lipinski definition) is 9. The molecule has 12 atom stereocenters. The molecule has 0 spiro atoms. The van der Waals surface area contributed by atoms with E-state index >= 15 is 4.79 Å². The van der Waals surface area contributed by atoms with Gasteiger partial charge in [-0.3, -0.25) is 52.7 Å². The number of rotatable bonds is 8. The number of aliphatic hydroxyl groups is 2. The Morgan fingerprint density at radius 2 is 1.07 bits per heavy atom. The molecule has 1 aliphatic carbocycles. The Hall–Kier alpha value is -8.80. The van der Waals surface area contributed by atoms with Crippen LogP contribution in [0.3, 0.4) is 0 Å². The van der Waals surface area contributed by atoms with Gasteiger partial charge in [-0.1, -0.05) is 33.8 Å².